The smallest absolute Gasteiger partial charge is 0.337 e. The summed E-state index contributed by atoms with van der Waals surface area (Å²) in [6.07, 6.45) is 0.119. The van der Waals surface area contributed by atoms with Crippen molar-refractivity contribution in [3.63, 3.8) is 0 Å². The van der Waals surface area contributed by atoms with Gasteiger partial charge in [-0.15, -0.1) is 0 Å². The van der Waals surface area contributed by atoms with E-state index in [2.05, 4.69) is 9.64 Å². The average Bonchev–Trinajstić information content (AvgIpc) is 2.43. The average molecular weight is 279 g/mol. The fourth-order valence-corrected chi connectivity index (χ4v) is 2.06. The van der Waals surface area contributed by atoms with Gasteiger partial charge in [0, 0.05) is 12.6 Å². The second-order valence-corrected chi connectivity index (χ2v) is 4.70. The van der Waals surface area contributed by atoms with E-state index in [4.69, 9.17) is 5.11 Å². The predicted octanol–water partition coefficient (Wildman–Crippen LogP) is 2.16. The number of hydrogen-bond acceptors (Lipinski definition) is 4. The maximum Gasteiger partial charge on any atom is 0.337 e. The molecular formula is C15H21NO4. The van der Waals surface area contributed by atoms with Crippen molar-refractivity contribution in [3.05, 3.63) is 35.4 Å². The number of carbonyl (C=O) groups excluding carboxylic acids is 1. The van der Waals surface area contributed by atoms with E-state index in [0.29, 0.717) is 12.1 Å². The Morgan fingerprint density at radius 2 is 1.90 bits per heavy atom. The van der Waals surface area contributed by atoms with Crippen LogP contribution in [0.1, 0.15) is 36.2 Å². The van der Waals surface area contributed by atoms with Crippen LogP contribution in [0.3, 0.4) is 0 Å². The van der Waals surface area contributed by atoms with Crippen molar-refractivity contribution in [2.75, 3.05) is 13.7 Å². The number of ether oxygens (including phenoxy) is 1. The molecule has 0 aliphatic rings. The number of carboxylic acid groups (broad SMARTS) is 1. The first-order valence-corrected chi connectivity index (χ1v) is 6.61. The van der Waals surface area contributed by atoms with Gasteiger partial charge in [-0.25, -0.2) is 4.79 Å². The van der Waals surface area contributed by atoms with Gasteiger partial charge in [0.15, 0.2) is 0 Å². The molecule has 0 bridgehead atoms. The Kier molecular flexibility index (Phi) is 6.18. The van der Waals surface area contributed by atoms with Crippen molar-refractivity contribution in [1.29, 1.82) is 0 Å². The Labute approximate surface area is 119 Å². The molecule has 0 radical (unpaired) electrons. The van der Waals surface area contributed by atoms with Gasteiger partial charge in [0.2, 0.25) is 0 Å². The van der Waals surface area contributed by atoms with Crippen molar-refractivity contribution >= 4 is 11.9 Å². The van der Waals surface area contributed by atoms with E-state index in [1.165, 1.54) is 7.11 Å². The number of carboxylic acids is 1. The lowest BCUT2D eigenvalue weighted by atomic mass is 10.1. The molecule has 1 aromatic rings. The van der Waals surface area contributed by atoms with Crippen molar-refractivity contribution in [2.24, 2.45) is 0 Å². The highest BCUT2D eigenvalue weighted by Crippen LogP contribution is 2.12. The van der Waals surface area contributed by atoms with Gasteiger partial charge in [-0.05, 0) is 31.2 Å². The highest BCUT2D eigenvalue weighted by molar-refractivity contribution is 5.89. The molecule has 0 heterocycles. The maximum absolute atomic E-state index is 11.3. The first-order chi connectivity index (χ1) is 9.47. The molecule has 0 aliphatic heterocycles. The fourth-order valence-electron chi connectivity index (χ4n) is 2.06. The van der Waals surface area contributed by atoms with Crippen LogP contribution in [0.15, 0.2) is 24.3 Å². The number of rotatable bonds is 7. The lowest BCUT2D eigenvalue weighted by Gasteiger charge is -2.26. The highest BCUT2D eigenvalue weighted by atomic mass is 16.5. The van der Waals surface area contributed by atoms with Gasteiger partial charge >= 0.3 is 11.9 Å². The first-order valence-electron chi connectivity index (χ1n) is 6.61. The molecule has 0 aliphatic carbocycles. The highest BCUT2D eigenvalue weighted by Gasteiger charge is 2.15. The Morgan fingerprint density at radius 1 is 1.30 bits per heavy atom. The topological polar surface area (TPSA) is 66.8 Å². The number of esters is 1. The molecule has 5 heteroatoms. The van der Waals surface area contributed by atoms with Crippen LogP contribution in [0, 0.1) is 0 Å². The van der Waals surface area contributed by atoms with Gasteiger partial charge in [-0.2, -0.15) is 0 Å². The van der Waals surface area contributed by atoms with E-state index in [1.807, 2.05) is 26.0 Å². The fraction of sp³-hybridized carbons (Fsp3) is 0.467. The first kappa shape index (κ1) is 16.2. The molecule has 1 N–H and O–H groups in total. The summed E-state index contributed by atoms with van der Waals surface area (Å²) in [5.41, 5.74) is 1.55. The van der Waals surface area contributed by atoms with Crippen LogP contribution >= 0.6 is 0 Å². The van der Waals surface area contributed by atoms with E-state index >= 15 is 0 Å². The summed E-state index contributed by atoms with van der Waals surface area (Å²) in [7, 11) is 1.35. The minimum atomic E-state index is -0.794. The SMILES string of the molecule is CCN(Cc1ccc(C(=O)OC)cc1)C(C)CC(=O)O. The normalized spacial score (nSPS) is 12.2. The Balaban J connectivity index is 2.70. The van der Waals surface area contributed by atoms with E-state index < -0.39 is 5.97 Å². The monoisotopic (exact) mass is 279 g/mol. The van der Waals surface area contributed by atoms with E-state index in [9.17, 15) is 9.59 Å². The van der Waals surface area contributed by atoms with Gasteiger partial charge in [-0.1, -0.05) is 19.1 Å². The molecule has 20 heavy (non-hydrogen) atoms. The molecule has 1 rings (SSSR count). The zero-order valence-corrected chi connectivity index (χ0v) is 12.1. The maximum atomic E-state index is 11.3. The third-order valence-electron chi connectivity index (χ3n) is 3.26. The van der Waals surface area contributed by atoms with Crippen molar-refractivity contribution in [3.8, 4) is 0 Å². The van der Waals surface area contributed by atoms with Gasteiger partial charge in [-0.3, -0.25) is 9.69 Å². The second-order valence-electron chi connectivity index (χ2n) is 4.70. The van der Waals surface area contributed by atoms with Crippen molar-refractivity contribution in [1.82, 2.24) is 4.90 Å². The largest absolute Gasteiger partial charge is 0.481 e. The number of nitrogens with zero attached hydrogens (tertiary/aromatic N) is 1. The summed E-state index contributed by atoms with van der Waals surface area (Å²) in [6.45, 7) is 5.33. The Bertz CT molecular complexity index is 455. The molecule has 110 valence electrons. The minimum Gasteiger partial charge on any atom is -0.481 e. The van der Waals surface area contributed by atoms with Gasteiger partial charge in [0.25, 0.3) is 0 Å². The third-order valence-corrected chi connectivity index (χ3v) is 3.26. The van der Waals surface area contributed by atoms with Crippen LogP contribution in [0.4, 0.5) is 0 Å². The molecular weight excluding hydrogens is 258 g/mol. The Morgan fingerprint density at radius 3 is 2.35 bits per heavy atom. The summed E-state index contributed by atoms with van der Waals surface area (Å²) < 4.78 is 4.65. The second kappa shape index (κ2) is 7.65. The van der Waals surface area contributed by atoms with Crippen LogP contribution in [0.2, 0.25) is 0 Å². The molecule has 1 aromatic carbocycles. The molecule has 1 unspecified atom stereocenters. The zero-order valence-electron chi connectivity index (χ0n) is 12.1. The van der Waals surface area contributed by atoms with Crippen LogP contribution in [0.5, 0.6) is 0 Å². The number of aliphatic carboxylic acids is 1. The van der Waals surface area contributed by atoms with Crippen LogP contribution in [-0.2, 0) is 16.1 Å². The molecule has 1 atom stereocenters. The summed E-state index contributed by atoms with van der Waals surface area (Å²) in [5, 5.41) is 8.84. The lowest BCUT2D eigenvalue weighted by molar-refractivity contribution is -0.138. The van der Waals surface area contributed by atoms with Gasteiger partial charge < -0.3 is 9.84 Å². The number of carbonyl (C=O) groups is 2. The Hall–Kier alpha value is -1.88. The van der Waals surface area contributed by atoms with E-state index in [1.54, 1.807) is 12.1 Å². The standard InChI is InChI=1S/C15H21NO4/c1-4-16(11(2)9-14(17)18)10-12-5-7-13(8-6-12)15(19)20-3/h5-8,11H,4,9-10H2,1-3H3,(H,17,18). The predicted molar refractivity (Wildman–Crippen MR) is 75.6 cm³/mol. The summed E-state index contributed by atoms with van der Waals surface area (Å²) in [4.78, 5) is 24.2. The molecule has 0 spiro atoms. The summed E-state index contributed by atoms with van der Waals surface area (Å²) in [6, 6.07) is 7.14. The zero-order chi connectivity index (χ0) is 15.1. The summed E-state index contributed by atoms with van der Waals surface area (Å²) in [5.74, 6) is -1.15. The molecule has 5 nitrogen and oxygen atoms in total. The van der Waals surface area contributed by atoms with E-state index in [0.717, 1.165) is 12.1 Å². The van der Waals surface area contributed by atoms with Crippen molar-refractivity contribution in [2.45, 2.75) is 32.9 Å². The third kappa shape index (κ3) is 4.66. The van der Waals surface area contributed by atoms with Crippen molar-refractivity contribution < 1.29 is 19.4 Å². The number of hydrogen-bond donors (Lipinski definition) is 1. The van der Waals surface area contributed by atoms with Gasteiger partial charge in [0.1, 0.15) is 0 Å². The summed E-state index contributed by atoms with van der Waals surface area (Å²) >= 11 is 0. The molecule has 0 amide bonds. The quantitative estimate of drug-likeness (QED) is 0.775. The minimum absolute atomic E-state index is 0.0298. The molecule has 0 saturated carbocycles. The lowest BCUT2D eigenvalue weighted by Crippen LogP contribution is -2.34. The van der Waals surface area contributed by atoms with E-state index in [-0.39, 0.29) is 18.4 Å². The molecule has 0 aromatic heterocycles. The van der Waals surface area contributed by atoms with Crippen LogP contribution in [0.25, 0.3) is 0 Å². The number of methoxy groups -OCH3 is 1. The van der Waals surface area contributed by atoms with Gasteiger partial charge in [0.05, 0.1) is 19.1 Å². The molecule has 0 saturated heterocycles. The van der Waals surface area contributed by atoms with Crippen LogP contribution < -0.4 is 0 Å². The molecule has 0 fully saturated rings. The van der Waals surface area contributed by atoms with Crippen LogP contribution in [-0.4, -0.2) is 41.6 Å². The number of benzene rings is 1.